The zero-order valence-corrected chi connectivity index (χ0v) is 32.4. The summed E-state index contributed by atoms with van der Waals surface area (Å²) in [6.07, 6.45) is 0. The SMILES string of the molecule is c1ccc(-c2nc(-c3ccc4nc(-c5ccccc5)c5ccc6c(c5c4c3)Oc3ccccc3C63c4ccccc4-c4ccccc43)c3sc4ccccc4c3n2)cc1. The van der Waals surface area contributed by atoms with E-state index in [4.69, 9.17) is 19.7 Å². The van der Waals surface area contributed by atoms with Gasteiger partial charge in [0.25, 0.3) is 0 Å². The Labute approximate surface area is 343 Å². The van der Waals surface area contributed by atoms with E-state index >= 15 is 0 Å². The first-order valence-corrected chi connectivity index (χ1v) is 20.8. The third-order valence-electron chi connectivity index (χ3n) is 12.3. The number of rotatable bonds is 3. The van der Waals surface area contributed by atoms with E-state index in [-0.39, 0.29) is 0 Å². The van der Waals surface area contributed by atoms with Gasteiger partial charge in [0, 0.05) is 54.1 Å². The van der Waals surface area contributed by atoms with Crippen molar-refractivity contribution >= 4 is 53.3 Å². The van der Waals surface area contributed by atoms with Crippen LogP contribution in [-0.4, -0.2) is 15.0 Å². The molecule has 0 atom stereocenters. The number of thiophene rings is 1. The Morgan fingerprint density at radius 3 is 1.88 bits per heavy atom. The molecule has 59 heavy (non-hydrogen) atoms. The molecule has 11 aromatic rings. The first-order valence-electron chi connectivity index (χ1n) is 19.9. The van der Waals surface area contributed by atoms with Gasteiger partial charge in [-0.3, -0.25) is 0 Å². The molecule has 274 valence electrons. The monoisotopic (exact) mass is 769 g/mol. The molecule has 1 aliphatic heterocycles. The van der Waals surface area contributed by atoms with Crippen LogP contribution in [0.3, 0.4) is 0 Å². The third kappa shape index (κ3) is 4.51. The van der Waals surface area contributed by atoms with Crippen molar-refractivity contribution in [1.29, 1.82) is 0 Å². The second kappa shape index (κ2) is 12.3. The van der Waals surface area contributed by atoms with Crippen LogP contribution in [0.4, 0.5) is 0 Å². The Hall–Kier alpha value is -7.47. The maximum atomic E-state index is 7.29. The van der Waals surface area contributed by atoms with Crippen molar-refractivity contribution in [3.8, 4) is 56.5 Å². The van der Waals surface area contributed by atoms with Gasteiger partial charge in [0.05, 0.1) is 32.5 Å². The van der Waals surface area contributed by atoms with E-state index < -0.39 is 5.41 Å². The van der Waals surface area contributed by atoms with Crippen LogP contribution in [0.5, 0.6) is 11.5 Å². The third-order valence-corrected chi connectivity index (χ3v) is 13.5. The first-order chi connectivity index (χ1) is 29.3. The Morgan fingerprint density at radius 2 is 1.10 bits per heavy atom. The molecule has 4 heterocycles. The smallest absolute Gasteiger partial charge is 0.160 e. The predicted octanol–water partition coefficient (Wildman–Crippen LogP) is 14.0. The normalized spacial score (nSPS) is 13.4. The average Bonchev–Trinajstić information content (AvgIpc) is 3.83. The highest BCUT2D eigenvalue weighted by atomic mass is 32.1. The molecule has 0 unspecified atom stereocenters. The van der Waals surface area contributed by atoms with Gasteiger partial charge < -0.3 is 4.74 Å². The Bertz CT molecular complexity index is 3490. The molecule has 13 rings (SSSR count). The molecule has 8 aromatic carbocycles. The number of benzene rings is 8. The van der Waals surface area contributed by atoms with Crippen LogP contribution in [0.25, 0.3) is 87.0 Å². The van der Waals surface area contributed by atoms with Crippen molar-refractivity contribution < 1.29 is 4.74 Å². The summed E-state index contributed by atoms with van der Waals surface area (Å²) in [5, 5.41) is 4.22. The Morgan fingerprint density at radius 1 is 0.441 bits per heavy atom. The van der Waals surface area contributed by atoms with Crippen LogP contribution in [-0.2, 0) is 5.41 Å². The highest BCUT2D eigenvalue weighted by Gasteiger charge is 2.51. The van der Waals surface area contributed by atoms with Crippen LogP contribution >= 0.6 is 11.3 Å². The number of ether oxygens (including phenoxy) is 1. The van der Waals surface area contributed by atoms with Crippen molar-refractivity contribution in [3.63, 3.8) is 0 Å². The molecule has 2 aliphatic rings. The van der Waals surface area contributed by atoms with Crippen LogP contribution in [0, 0.1) is 0 Å². The molecule has 0 N–H and O–H groups in total. The van der Waals surface area contributed by atoms with Crippen LogP contribution in [0.15, 0.2) is 188 Å². The molecular formula is C54H31N3OS. The lowest BCUT2D eigenvalue weighted by atomic mass is 9.65. The summed E-state index contributed by atoms with van der Waals surface area (Å²) in [7, 11) is 0. The summed E-state index contributed by atoms with van der Waals surface area (Å²) < 4.78 is 9.54. The van der Waals surface area contributed by atoms with Gasteiger partial charge in [0.2, 0.25) is 0 Å². The maximum Gasteiger partial charge on any atom is 0.160 e. The summed E-state index contributed by atoms with van der Waals surface area (Å²) in [5.74, 6) is 2.42. The van der Waals surface area contributed by atoms with Gasteiger partial charge in [-0.15, -0.1) is 11.3 Å². The number of nitrogens with zero attached hydrogens (tertiary/aromatic N) is 3. The van der Waals surface area contributed by atoms with Crippen LogP contribution in [0.2, 0.25) is 0 Å². The molecule has 0 saturated heterocycles. The van der Waals surface area contributed by atoms with Gasteiger partial charge in [-0.1, -0.05) is 164 Å². The van der Waals surface area contributed by atoms with E-state index in [0.717, 1.165) is 88.0 Å². The molecule has 4 nitrogen and oxygen atoms in total. The molecule has 1 aliphatic carbocycles. The number of fused-ring (bicyclic) bond motifs is 16. The maximum absolute atomic E-state index is 7.29. The van der Waals surface area contributed by atoms with E-state index in [2.05, 4.69) is 170 Å². The number of pyridine rings is 1. The minimum absolute atomic E-state index is 0.591. The average molecular weight is 770 g/mol. The molecule has 5 heteroatoms. The molecule has 0 bridgehead atoms. The summed E-state index contributed by atoms with van der Waals surface area (Å²) >= 11 is 1.75. The lowest BCUT2D eigenvalue weighted by molar-refractivity contribution is 0.442. The fourth-order valence-electron chi connectivity index (χ4n) is 9.87. The lowest BCUT2D eigenvalue weighted by Gasteiger charge is -2.40. The Kier molecular flexibility index (Phi) is 6.78. The molecule has 0 amide bonds. The van der Waals surface area contributed by atoms with Gasteiger partial charge >= 0.3 is 0 Å². The van der Waals surface area contributed by atoms with E-state index in [1.54, 1.807) is 11.3 Å². The minimum atomic E-state index is -0.591. The van der Waals surface area contributed by atoms with Gasteiger partial charge in [0.15, 0.2) is 5.82 Å². The zero-order valence-electron chi connectivity index (χ0n) is 31.6. The minimum Gasteiger partial charge on any atom is -0.456 e. The number of para-hydroxylation sites is 1. The molecular weight excluding hydrogens is 739 g/mol. The molecule has 1 spiro atoms. The first kappa shape index (κ1) is 32.6. The highest BCUT2D eigenvalue weighted by Crippen LogP contribution is 2.63. The van der Waals surface area contributed by atoms with Gasteiger partial charge in [-0.2, -0.15) is 0 Å². The van der Waals surface area contributed by atoms with E-state index in [0.29, 0.717) is 5.82 Å². The van der Waals surface area contributed by atoms with Crippen molar-refractivity contribution in [2.45, 2.75) is 5.41 Å². The van der Waals surface area contributed by atoms with Gasteiger partial charge in [0.1, 0.15) is 11.5 Å². The zero-order chi connectivity index (χ0) is 38.7. The summed E-state index contributed by atoms with van der Waals surface area (Å²) in [4.78, 5) is 16.0. The van der Waals surface area contributed by atoms with E-state index in [9.17, 15) is 0 Å². The van der Waals surface area contributed by atoms with Crippen LogP contribution < -0.4 is 4.74 Å². The van der Waals surface area contributed by atoms with Crippen LogP contribution in [0.1, 0.15) is 22.3 Å². The Balaban J connectivity index is 1.17. The van der Waals surface area contributed by atoms with Crippen molar-refractivity contribution in [3.05, 3.63) is 210 Å². The fourth-order valence-corrected chi connectivity index (χ4v) is 11.0. The molecule has 0 saturated carbocycles. The van der Waals surface area contributed by atoms with E-state index in [1.165, 1.54) is 27.0 Å². The number of hydrogen-bond acceptors (Lipinski definition) is 5. The van der Waals surface area contributed by atoms with Crippen molar-refractivity contribution in [2.24, 2.45) is 0 Å². The topological polar surface area (TPSA) is 47.9 Å². The highest BCUT2D eigenvalue weighted by molar-refractivity contribution is 7.26. The largest absolute Gasteiger partial charge is 0.456 e. The quantitative estimate of drug-likeness (QED) is 0.168. The van der Waals surface area contributed by atoms with Crippen molar-refractivity contribution in [1.82, 2.24) is 15.0 Å². The number of aromatic nitrogens is 3. The van der Waals surface area contributed by atoms with Gasteiger partial charge in [-0.05, 0) is 46.5 Å². The standard InChI is InChI=1S/C54H31N3OS/c1-3-15-32(16-4-1)48-38-28-29-43-51(58-45-25-13-12-24-42(45)54(43)40-22-10-7-19-35(40)36-20-8-11-23-41(36)54)47(38)39-31-34(27-30-44(39)55-48)49-52-50(37-21-9-14-26-46(37)59-52)57-53(56-49)33-17-5-2-6-18-33/h1-31H. The predicted molar refractivity (Wildman–Crippen MR) is 241 cm³/mol. The lowest BCUT2D eigenvalue weighted by Crippen LogP contribution is -2.32. The molecule has 0 radical (unpaired) electrons. The second-order valence-corrected chi connectivity index (χ2v) is 16.5. The fraction of sp³-hybridized carbons (Fsp3) is 0.0185. The molecule has 3 aromatic heterocycles. The van der Waals surface area contributed by atoms with E-state index in [1.807, 2.05) is 18.2 Å². The summed E-state index contributed by atoms with van der Waals surface area (Å²) in [5.41, 5.74) is 13.4. The molecule has 0 fully saturated rings. The second-order valence-electron chi connectivity index (χ2n) is 15.4. The summed E-state index contributed by atoms with van der Waals surface area (Å²) in [6.45, 7) is 0. The number of hydrogen-bond donors (Lipinski definition) is 0. The van der Waals surface area contributed by atoms with Gasteiger partial charge in [-0.25, -0.2) is 15.0 Å². The van der Waals surface area contributed by atoms with Crippen molar-refractivity contribution in [2.75, 3.05) is 0 Å². The summed E-state index contributed by atoms with van der Waals surface area (Å²) in [6, 6.07) is 66.9.